The number of carbonyl (C=O) groups excluding carboxylic acids is 1. The molecule has 0 radical (unpaired) electrons. The van der Waals surface area contributed by atoms with Crippen LogP contribution >= 0.6 is 22.9 Å². The lowest BCUT2D eigenvalue weighted by atomic mass is 9.96. The lowest BCUT2D eigenvalue weighted by Gasteiger charge is -2.15. The monoisotopic (exact) mass is 321 g/mol. The Morgan fingerprint density at radius 2 is 1.86 bits per heavy atom. The predicted octanol–water partition coefficient (Wildman–Crippen LogP) is 4.35. The van der Waals surface area contributed by atoms with Crippen molar-refractivity contribution in [3.05, 3.63) is 39.9 Å². The number of rotatable bonds is 3. The molecular formula is C15H16ClN3OS. The Balaban J connectivity index is 2.03. The van der Waals surface area contributed by atoms with Gasteiger partial charge in [-0.05, 0) is 23.8 Å². The maximum absolute atomic E-state index is 11.9. The van der Waals surface area contributed by atoms with E-state index in [4.69, 9.17) is 11.6 Å². The second kappa shape index (κ2) is 6.37. The molecule has 4 nitrogen and oxygen atoms in total. The summed E-state index contributed by atoms with van der Waals surface area (Å²) in [4.78, 5) is 11.9. The molecule has 1 amide bonds. The van der Waals surface area contributed by atoms with E-state index in [1.807, 2.05) is 57.2 Å². The molecule has 21 heavy (non-hydrogen) atoms. The topological polar surface area (TPSA) is 54.9 Å². The number of carbonyl (C=O) groups is 1. The van der Waals surface area contributed by atoms with Gasteiger partial charge in [0.2, 0.25) is 11.0 Å². The molecule has 0 fully saturated rings. The maximum atomic E-state index is 11.9. The van der Waals surface area contributed by atoms with Gasteiger partial charge in [0.05, 0.1) is 0 Å². The Kier molecular flexibility index (Phi) is 4.75. The number of benzene rings is 1. The summed E-state index contributed by atoms with van der Waals surface area (Å²) in [6.07, 6.45) is 3.78. The first-order valence-corrected chi connectivity index (χ1v) is 7.63. The minimum atomic E-state index is -0.453. The lowest BCUT2D eigenvalue weighted by molar-refractivity contribution is -0.123. The van der Waals surface area contributed by atoms with E-state index in [9.17, 15) is 4.79 Å². The normalized spacial score (nSPS) is 11.8. The van der Waals surface area contributed by atoms with Gasteiger partial charge in [0.25, 0.3) is 0 Å². The first-order valence-electron chi connectivity index (χ1n) is 6.43. The molecule has 0 spiro atoms. The fourth-order valence-corrected chi connectivity index (χ4v) is 2.15. The van der Waals surface area contributed by atoms with Gasteiger partial charge in [-0.15, -0.1) is 10.2 Å². The summed E-state index contributed by atoms with van der Waals surface area (Å²) in [5, 5.41) is 12.7. The van der Waals surface area contributed by atoms with Crippen LogP contribution in [0.2, 0.25) is 5.02 Å². The third-order valence-electron chi connectivity index (χ3n) is 2.63. The van der Waals surface area contributed by atoms with Crippen molar-refractivity contribution in [1.29, 1.82) is 0 Å². The highest BCUT2D eigenvalue weighted by atomic mass is 35.5. The standard InChI is InChI=1S/C15H16ClN3OS/c1-15(2,3)13(20)17-14-19-18-12(21-14)9-6-10-4-7-11(16)8-5-10/h4-9H,1-3H3,(H,17,19,20)/b9-6+. The molecule has 0 unspecified atom stereocenters. The largest absolute Gasteiger partial charge is 0.300 e. The molecule has 1 aromatic heterocycles. The Bertz CT molecular complexity index is 656. The molecule has 6 heteroatoms. The number of amides is 1. The quantitative estimate of drug-likeness (QED) is 0.914. The Hall–Kier alpha value is -1.72. The molecule has 1 aromatic carbocycles. The third-order valence-corrected chi connectivity index (χ3v) is 3.69. The summed E-state index contributed by atoms with van der Waals surface area (Å²) in [6, 6.07) is 7.50. The summed E-state index contributed by atoms with van der Waals surface area (Å²) in [7, 11) is 0. The highest BCUT2D eigenvalue weighted by molar-refractivity contribution is 7.16. The van der Waals surface area contributed by atoms with Crippen LogP contribution in [0.5, 0.6) is 0 Å². The second-order valence-electron chi connectivity index (χ2n) is 5.53. The number of halogens is 1. The number of nitrogens with one attached hydrogen (secondary N) is 1. The molecule has 1 N–H and O–H groups in total. The van der Waals surface area contributed by atoms with E-state index in [0.29, 0.717) is 10.2 Å². The van der Waals surface area contributed by atoms with Gasteiger partial charge in [-0.2, -0.15) is 0 Å². The molecule has 0 bridgehead atoms. The van der Waals surface area contributed by atoms with Crippen molar-refractivity contribution in [2.24, 2.45) is 5.41 Å². The SMILES string of the molecule is CC(C)(C)C(=O)Nc1nnc(/C=C/c2ccc(Cl)cc2)s1. The van der Waals surface area contributed by atoms with E-state index in [2.05, 4.69) is 15.5 Å². The predicted molar refractivity (Wildman–Crippen MR) is 88.4 cm³/mol. The van der Waals surface area contributed by atoms with Crippen LogP contribution in [0.25, 0.3) is 12.2 Å². The molecule has 0 saturated heterocycles. The number of nitrogens with zero attached hydrogens (tertiary/aromatic N) is 2. The molecular weight excluding hydrogens is 306 g/mol. The van der Waals surface area contributed by atoms with Gasteiger partial charge in [0.15, 0.2) is 0 Å². The van der Waals surface area contributed by atoms with Crippen molar-refractivity contribution in [1.82, 2.24) is 10.2 Å². The van der Waals surface area contributed by atoms with Crippen LogP contribution in [-0.4, -0.2) is 16.1 Å². The van der Waals surface area contributed by atoms with Crippen LogP contribution in [0.1, 0.15) is 31.3 Å². The Morgan fingerprint density at radius 3 is 2.48 bits per heavy atom. The zero-order valence-corrected chi connectivity index (χ0v) is 13.6. The van der Waals surface area contributed by atoms with Crippen molar-refractivity contribution < 1.29 is 4.79 Å². The van der Waals surface area contributed by atoms with E-state index in [0.717, 1.165) is 10.6 Å². The van der Waals surface area contributed by atoms with Gasteiger partial charge in [-0.25, -0.2) is 0 Å². The Labute approximate surface area is 132 Å². The van der Waals surface area contributed by atoms with Gasteiger partial charge in [-0.3, -0.25) is 4.79 Å². The van der Waals surface area contributed by atoms with Crippen molar-refractivity contribution >= 4 is 46.1 Å². The summed E-state index contributed by atoms with van der Waals surface area (Å²) in [5.74, 6) is -0.0770. The van der Waals surface area contributed by atoms with Gasteiger partial charge in [0.1, 0.15) is 5.01 Å². The summed E-state index contributed by atoms with van der Waals surface area (Å²) < 4.78 is 0. The fourth-order valence-electron chi connectivity index (χ4n) is 1.38. The first kappa shape index (κ1) is 15.7. The summed E-state index contributed by atoms with van der Waals surface area (Å²) in [5.41, 5.74) is 0.570. The van der Waals surface area contributed by atoms with E-state index < -0.39 is 5.41 Å². The number of hydrogen-bond acceptors (Lipinski definition) is 4. The van der Waals surface area contributed by atoms with Crippen molar-refractivity contribution in [2.75, 3.05) is 5.32 Å². The van der Waals surface area contributed by atoms with Crippen LogP contribution in [0.4, 0.5) is 5.13 Å². The third kappa shape index (κ3) is 4.65. The van der Waals surface area contributed by atoms with Crippen LogP contribution < -0.4 is 5.32 Å². The van der Waals surface area contributed by atoms with Crippen LogP contribution in [0.3, 0.4) is 0 Å². The maximum Gasteiger partial charge on any atom is 0.231 e. The van der Waals surface area contributed by atoms with Gasteiger partial charge in [0, 0.05) is 10.4 Å². The molecule has 1 heterocycles. The van der Waals surface area contributed by atoms with Crippen LogP contribution in [-0.2, 0) is 4.79 Å². The zero-order valence-electron chi connectivity index (χ0n) is 12.1. The van der Waals surface area contributed by atoms with Crippen molar-refractivity contribution in [3.8, 4) is 0 Å². The van der Waals surface area contributed by atoms with Gasteiger partial charge in [-0.1, -0.05) is 61.9 Å². The molecule has 2 aromatic rings. The molecule has 0 saturated carbocycles. The highest BCUT2D eigenvalue weighted by Crippen LogP contribution is 2.21. The number of hydrogen-bond donors (Lipinski definition) is 1. The van der Waals surface area contributed by atoms with E-state index in [1.54, 1.807) is 0 Å². The minimum absolute atomic E-state index is 0.0770. The minimum Gasteiger partial charge on any atom is -0.300 e. The van der Waals surface area contributed by atoms with E-state index >= 15 is 0 Å². The van der Waals surface area contributed by atoms with Crippen molar-refractivity contribution in [3.63, 3.8) is 0 Å². The zero-order chi connectivity index (χ0) is 15.5. The van der Waals surface area contributed by atoms with E-state index in [-0.39, 0.29) is 5.91 Å². The average molecular weight is 322 g/mol. The second-order valence-corrected chi connectivity index (χ2v) is 6.98. The average Bonchev–Trinajstić information content (AvgIpc) is 2.85. The van der Waals surface area contributed by atoms with Gasteiger partial charge >= 0.3 is 0 Å². The highest BCUT2D eigenvalue weighted by Gasteiger charge is 2.22. The Morgan fingerprint density at radius 1 is 1.19 bits per heavy atom. The smallest absolute Gasteiger partial charge is 0.231 e. The number of aromatic nitrogens is 2. The lowest BCUT2D eigenvalue weighted by Crippen LogP contribution is -2.27. The van der Waals surface area contributed by atoms with Crippen LogP contribution in [0.15, 0.2) is 24.3 Å². The molecule has 0 aliphatic rings. The van der Waals surface area contributed by atoms with Crippen molar-refractivity contribution in [2.45, 2.75) is 20.8 Å². The van der Waals surface area contributed by atoms with E-state index in [1.165, 1.54) is 11.3 Å². The molecule has 0 aliphatic carbocycles. The molecule has 110 valence electrons. The number of anilines is 1. The summed E-state index contributed by atoms with van der Waals surface area (Å²) in [6.45, 7) is 5.56. The molecule has 0 atom stereocenters. The fraction of sp³-hybridized carbons (Fsp3) is 0.267. The summed E-state index contributed by atoms with van der Waals surface area (Å²) >= 11 is 7.17. The molecule has 0 aliphatic heterocycles. The van der Waals surface area contributed by atoms with Gasteiger partial charge < -0.3 is 5.32 Å². The van der Waals surface area contributed by atoms with Crippen LogP contribution in [0, 0.1) is 5.41 Å². The molecule has 2 rings (SSSR count). The first-order chi connectivity index (χ1) is 9.84.